The molecule has 1 saturated carbocycles. The normalized spacial score (nSPS) is 22.0. The van der Waals surface area contributed by atoms with Gasteiger partial charge in [0.1, 0.15) is 0 Å². The highest BCUT2D eigenvalue weighted by atomic mass is 35.5. The molecule has 116 valence electrons. The number of amides is 1. The van der Waals surface area contributed by atoms with Gasteiger partial charge in [0, 0.05) is 17.3 Å². The second-order valence-corrected chi connectivity index (χ2v) is 6.11. The summed E-state index contributed by atoms with van der Waals surface area (Å²) < 4.78 is 0. The third-order valence-corrected chi connectivity index (χ3v) is 4.37. The quantitative estimate of drug-likeness (QED) is 0.757. The van der Waals surface area contributed by atoms with E-state index in [0.717, 1.165) is 25.1 Å². The molecule has 5 heteroatoms. The van der Waals surface area contributed by atoms with Crippen molar-refractivity contribution in [1.82, 2.24) is 5.32 Å². The molecule has 1 aliphatic carbocycles. The Labute approximate surface area is 130 Å². The fourth-order valence-electron chi connectivity index (χ4n) is 2.90. The van der Waals surface area contributed by atoms with Crippen molar-refractivity contribution in [1.29, 1.82) is 0 Å². The first-order valence-electron chi connectivity index (χ1n) is 7.56. The van der Waals surface area contributed by atoms with Crippen LogP contribution >= 0.6 is 11.6 Å². The molecule has 2 rings (SSSR count). The smallest absolute Gasteiger partial charge is 0.238 e. The fraction of sp³-hybridized carbons (Fsp3) is 0.562. The van der Waals surface area contributed by atoms with Gasteiger partial charge >= 0.3 is 0 Å². The highest BCUT2D eigenvalue weighted by Gasteiger charge is 2.24. The number of benzene rings is 1. The van der Waals surface area contributed by atoms with Crippen molar-refractivity contribution in [3.63, 3.8) is 0 Å². The maximum Gasteiger partial charge on any atom is 0.238 e. The molecule has 1 amide bonds. The number of rotatable bonds is 6. The molecule has 1 aliphatic rings. The summed E-state index contributed by atoms with van der Waals surface area (Å²) in [5.41, 5.74) is 0.747. The summed E-state index contributed by atoms with van der Waals surface area (Å²) in [7, 11) is 0. The topological polar surface area (TPSA) is 61.4 Å². The van der Waals surface area contributed by atoms with Crippen LogP contribution in [0.3, 0.4) is 0 Å². The summed E-state index contributed by atoms with van der Waals surface area (Å²) in [5.74, 6) is 0.798. The average molecular weight is 311 g/mol. The Morgan fingerprint density at radius 1 is 1.19 bits per heavy atom. The lowest BCUT2D eigenvalue weighted by atomic mass is 9.79. The van der Waals surface area contributed by atoms with Crippen LogP contribution in [0.2, 0.25) is 5.02 Å². The van der Waals surface area contributed by atoms with Crippen LogP contribution in [0.25, 0.3) is 0 Å². The molecule has 1 aromatic rings. The Kier molecular flexibility index (Phi) is 6.49. The molecule has 0 saturated heterocycles. The Balaban J connectivity index is 1.70. The van der Waals surface area contributed by atoms with E-state index in [4.69, 9.17) is 11.6 Å². The zero-order chi connectivity index (χ0) is 15.1. The standard InChI is InChI=1S/C16H23ClN2O2/c17-14-5-7-15(8-6-14)19-16(21)10-18-9-12-3-1-2-4-13(12)11-20/h5-8,12-13,18,20H,1-4,9-11H2,(H,19,21). The molecule has 0 aromatic heterocycles. The molecule has 0 heterocycles. The molecule has 21 heavy (non-hydrogen) atoms. The first-order valence-corrected chi connectivity index (χ1v) is 7.94. The van der Waals surface area contributed by atoms with E-state index in [-0.39, 0.29) is 19.1 Å². The van der Waals surface area contributed by atoms with Crippen LogP contribution < -0.4 is 10.6 Å². The number of hydrogen-bond donors (Lipinski definition) is 3. The molecule has 0 bridgehead atoms. The van der Waals surface area contributed by atoms with Gasteiger partial charge in [-0.15, -0.1) is 0 Å². The van der Waals surface area contributed by atoms with Crippen molar-refractivity contribution in [2.24, 2.45) is 11.8 Å². The highest BCUT2D eigenvalue weighted by Crippen LogP contribution is 2.28. The number of hydrogen-bond acceptors (Lipinski definition) is 3. The van der Waals surface area contributed by atoms with Gasteiger partial charge in [0.05, 0.1) is 6.54 Å². The van der Waals surface area contributed by atoms with E-state index >= 15 is 0 Å². The van der Waals surface area contributed by atoms with E-state index in [0.29, 0.717) is 16.9 Å². The summed E-state index contributed by atoms with van der Waals surface area (Å²) in [4.78, 5) is 11.8. The van der Waals surface area contributed by atoms with Crippen molar-refractivity contribution in [3.8, 4) is 0 Å². The second-order valence-electron chi connectivity index (χ2n) is 5.67. The summed E-state index contributed by atoms with van der Waals surface area (Å²) in [6, 6.07) is 7.06. The molecule has 0 spiro atoms. The summed E-state index contributed by atoms with van der Waals surface area (Å²) in [6.07, 6.45) is 4.66. The van der Waals surface area contributed by atoms with Gasteiger partial charge in [-0.1, -0.05) is 24.4 Å². The zero-order valence-electron chi connectivity index (χ0n) is 12.1. The maximum absolute atomic E-state index is 11.8. The third kappa shape index (κ3) is 5.30. The predicted molar refractivity (Wildman–Crippen MR) is 85.5 cm³/mol. The van der Waals surface area contributed by atoms with E-state index in [9.17, 15) is 9.90 Å². The average Bonchev–Trinajstić information content (AvgIpc) is 2.50. The number of carbonyl (C=O) groups excluding carboxylic acids is 1. The van der Waals surface area contributed by atoms with Crippen molar-refractivity contribution in [2.75, 3.05) is 25.0 Å². The molecule has 4 nitrogen and oxygen atoms in total. The number of aliphatic hydroxyl groups is 1. The van der Waals surface area contributed by atoms with Crippen LogP contribution in [0, 0.1) is 11.8 Å². The minimum Gasteiger partial charge on any atom is -0.396 e. The Bertz CT molecular complexity index is 450. The molecular formula is C16H23ClN2O2. The van der Waals surface area contributed by atoms with Gasteiger partial charge in [-0.25, -0.2) is 0 Å². The lowest BCUT2D eigenvalue weighted by molar-refractivity contribution is -0.115. The van der Waals surface area contributed by atoms with E-state index < -0.39 is 0 Å². The predicted octanol–water partition coefficient (Wildman–Crippen LogP) is 2.67. The highest BCUT2D eigenvalue weighted by molar-refractivity contribution is 6.30. The van der Waals surface area contributed by atoms with Crippen molar-refractivity contribution >= 4 is 23.2 Å². The van der Waals surface area contributed by atoms with Crippen LogP contribution in [0.5, 0.6) is 0 Å². The van der Waals surface area contributed by atoms with Gasteiger partial charge in [0.2, 0.25) is 5.91 Å². The molecule has 2 atom stereocenters. The Morgan fingerprint density at radius 3 is 2.52 bits per heavy atom. The number of aliphatic hydroxyl groups excluding tert-OH is 1. The van der Waals surface area contributed by atoms with Crippen molar-refractivity contribution < 1.29 is 9.90 Å². The number of halogens is 1. The van der Waals surface area contributed by atoms with Gasteiger partial charge in [-0.05, 0) is 55.5 Å². The minimum atomic E-state index is -0.0614. The second kappa shape index (κ2) is 8.37. The lowest BCUT2D eigenvalue weighted by Crippen LogP contribution is -2.36. The van der Waals surface area contributed by atoms with Gasteiger partial charge in [-0.3, -0.25) is 4.79 Å². The van der Waals surface area contributed by atoms with E-state index in [2.05, 4.69) is 10.6 Å². The van der Waals surface area contributed by atoms with Gasteiger partial charge in [0.15, 0.2) is 0 Å². The van der Waals surface area contributed by atoms with Crippen LogP contribution in [0.1, 0.15) is 25.7 Å². The first-order chi connectivity index (χ1) is 10.2. The van der Waals surface area contributed by atoms with Gasteiger partial charge in [0.25, 0.3) is 0 Å². The van der Waals surface area contributed by atoms with E-state index in [1.165, 1.54) is 12.8 Å². The fourth-order valence-corrected chi connectivity index (χ4v) is 3.03. The number of carbonyl (C=O) groups is 1. The Morgan fingerprint density at radius 2 is 1.86 bits per heavy atom. The molecular weight excluding hydrogens is 288 g/mol. The maximum atomic E-state index is 11.8. The SMILES string of the molecule is O=C(CNCC1CCCCC1CO)Nc1ccc(Cl)cc1. The Hall–Kier alpha value is -1.10. The van der Waals surface area contributed by atoms with Gasteiger partial charge in [-0.2, -0.15) is 0 Å². The molecule has 1 aromatic carbocycles. The number of anilines is 1. The monoisotopic (exact) mass is 310 g/mol. The molecule has 2 unspecified atom stereocenters. The van der Waals surface area contributed by atoms with Crippen LogP contribution in [0.15, 0.2) is 24.3 Å². The van der Waals surface area contributed by atoms with Crippen LogP contribution in [0.4, 0.5) is 5.69 Å². The van der Waals surface area contributed by atoms with Crippen LogP contribution in [-0.2, 0) is 4.79 Å². The zero-order valence-corrected chi connectivity index (χ0v) is 12.9. The first kappa shape index (κ1) is 16.3. The molecule has 0 radical (unpaired) electrons. The summed E-state index contributed by atoms with van der Waals surface area (Å²) in [6.45, 7) is 1.33. The molecule has 0 aliphatic heterocycles. The van der Waals surface area contributed by atoms with E-state index in [1.54, 1.807) is 24.3 Å². The molecule has 1 fully saturated rings. The largest absolute Gasteiger partial charge is 0.396 e. The van der Waals surface area contributed by atoms with Crippen molar-refractivity contribution in [2.45, 2.75) is 25.7 Å². The van der Waals surface area contributed by atoms with Gasteiger partial charge < -0.3 is 15.7 Å². The third-order valence-electron chi connectivity index (χ3n) is 4.12. The van der Waals surface area contributed by atoms with E-state index in [1.807, 2.05) is 0 Å². The molecule has 3 N–H and O–H groups in total. The summed E-state index contributed by atoms with van der Waals surface area (Å²) in [5, 5.41) is 16.0. The lowest BCUT2D eigenvalue weighted by Gasteiger charge is -2.30. The van der Waals surface area contributed by atoms with Crippen LogP contribution in [-0.4, -0.2) is 30.7 Å². The minimum absolute atomic E-state index is 0.0614. The number of nitrogens with one attached hydrogen (secondary N) is 2. The summed E-state index contributed by atoms with van der Waals surface area (Å²) >= 11 is 5.80. The van der Waals surface area contributed by atoms with Crippen molar-refractivity contribution in [3.05, 3.63) is 29.3 Å².